The number of piperidine rings is 1. The van der Waals surface area contributed by atoms with Crippen molar-refractivity contribution in [3.63, 3.8) is 0 Å². The van der Waals surface area contributed by atoms with Crippen molar-refractivity contribution in [1.29, 1.82) is 0 Å². The number of sulfone groups is 1. The van der Waals surface area contributed by atoms with E-state index in [9.17, 15) is 8.42 Å². The zero-order valence-electron chi connectivity index (χ0n) is 14.0. The molecule has 2 atom stereocenters. The third-order valence-corrected chi connectivity index (χ3v) is 6.56. The molecule has 7 heteroatoms. The highest BCUT2D eigenvalue weighted by molar-refractivity contribution is 9.10. The molecular formula is C18H20BrN3O2S. The third kappa shape index (κ3) is 3.45. The van der Waals surface area contributed by atoms with Crippen LogP contribution in [0, 0.1) is 0 Å². The Morgan fingerprint density at radius 2 is 1.84 bits per heavy atom. The van der Waals surface area contributed by atoms with Crippen LogP contribution < -0.4 is 4.90 Å². The fourth-order valence-corrected chi connectivity index (χ4v) is 4.96. The summed E-state index contributed by atoms with van der Waals surface area (Å²) in [6.07, 6.45) is 6.18. The molecule has 1 aromatic heterocycles. The molecule has 5 nitrogen and oxygen atoms in total. The minimum Gasteiger partial charge on any atom is -0.363 e. The van der Waals surface area contributed by atoms with Crippen LogP contribution in [0.15, 0.2) is 52.1 Å². The van der Waals surface area contributed by atoms with Gasteiger partial charge in [-0.3, -0.25) is 9.88 Å². The molecule has 3 saturated heterocycles. The van der Waals surface area contributed by atoms with Crippen molar-refractivity contribution in [2.75, 3.05) is 24.2 Å². The van der Waals surface area contributed by atoms with Crippen molar-refractivity contribution in [1.82, 2.24) is 9.88 Å². The Kier molecular flexibility index (Phi) is 4.33. The van der Waals surface area contributed by atoms with Gasteiger partial charge < -0.3 is 4.90 Å². The second-order valence-electron chi connectivity index (χ2n) is 6.92. The van der Waals surface area contributed by atoms with E-state index in [0.29, 0.717) is 17.0 Å². The summed E-state index contributed by atoms with van der Waals surface area (Å²) in [5.41, 5.74) is 2.34. The van der Waals surface area contributed by atoms with Crippen molar-refractivity contribution in [2.24, 2.45) is 0 Å². The molecule has 0 radical (unpaired) electrons. The normalized spacial score (nSPS) is 23.4. The van der Waals surface area contributed by atoms with Gasteiger partial charge in [-0.25, -0.2) is 8.42 Å². The molecule has 1 aromatic carbocycles. The lowest BCUT2D eigenvalue weighted by Gasteiger charge is -2.57. The molecule has 0 spiro atoms. The Bertz CT molecular complexity index is 873. The third-order valence-electron chi connectivity index (χ3n) is 5.00. The van der Waals surface area contributed by atoms with Gasteiger partial charge in [-0.15, -0.1) is 0 Å². The van der Waals surface area contributed by atoms with E-state index in [0.717, 1.165) is 29.8 Å². The summed E-state index contributed by atoms with van der Waals surface area (Å²) in [6, 6.07) is 10.4. The number of hydrogen-bond donors (Lipinski definition) is 0. The number of fused-ring (bicyclic) bond motifs is 2. The van der Waals surface area contributed by atoms with E-state index in [1.54, 1.807) is 18.3 Å². The van der Waals surface area contributed by atoms with E-state index in [4.69, 9.17) is 0 Å². The quantitative estimate of drug-likeness (QED) is 0.759. The second-order valence-corrected chi connectivity index (χ2v) is 9.85. The summed E-state index contributed by atoms with van der Waals surface area (Å²) in [6.45, 7) is 2.97. The van der Waals surface area contributed by atoms with Gasteiger partial charge in [-0.05, 0) is 58.2 Å². The Balaban J connectivity index is 1.43. The van der Waals surface area contributed by atoms with Gasteiger partial charge in [-0.2, -0.15) is 0 Å². The lowest BCUT2D eigenvalue weighted by molar-refractivity contribution is 0.108. The number of benzene rings is 1. The Labute approximate surface area is 156 Å². The number of piperazine rings is 1. The predicted molar refractivity (Wildman–Crippen MR) is 101 cm³/mol. The topological polar surface area (TPSA) is 53.5 Å². The number of hydrogen-bond acceptors (Lipinski definition) is 5. The van der Waals surface area contributed by atoms with Crippen LogP contribution in [-0.2, 0) is 16.4 Å². The maximum atomic E-state index is 11.6. The number of halogens is 1. The average Bonchev–Trinajstić information content (AvgIpc) is 2.54. The summed E-state index contributed by atoms with van der Waals surface area (Å²) >= 11 is 3.48. The molecule has 0 saturated carbocycles. The molecule has 3 aliphatic rings. The molecule has 3 aliphatic heterocycles. The Hall–Kier alpha value is -1.44. The first-order valence-corrected chi connectivity index (χ1v) is 11.0. The molecule has 2 aromatic rings. The first-order chi connectivity index (χ1) is 11.9. The minimum atomic E-state index is -3.14. The first kappa shape index (κ1) is 17.0. The SMILES string of the molecule is CS(=O)(=O)c1ccc(N2C3CC2CN(Cc2cncc(Br)c2)C3)cc1. The van der Waals surface area contributed by atoms with Crippen molar-refractivity contribution in [3.8, 4) is 0 Å². The van der Waals surface area contributed by atoms with Crippen molar-refractivity contribution in [2.45, 2.75) is 29.9 Å². The van der Waals surface area contributed by atoms with Crippen LogP contribution >= 0.6 is 15.9 Å². The average molecular weight is 422 g/mol. The van der Waals surface area contributed by atoms with Crippen LogP contribution in [0.5, 0.6) is 0 Å². The number of pyridine rings is 1. The maximum Gasteiger partial charge on any atom is 0.175 e. The lowest BCUT2D eigenvalue weighted by atomic mass is 9.86. The van der Waals surface area contributed by atoms with Gasteiger partial charge in [0, 0.05) is 60.5 Å². The van der Waals surface area contributed by atoms with E-state index in [2.05, 4.69) is 36.8 Å². The van der Waals surface area contributed by atoms with Gasteiger partial charge in [0.05, 0.1) is 4.90 Å². The first-order valence-electron chi connectivity index (χ1n) is 8.30. The van der Waals surface area contributed by atoms with E-state index in [-0.39, 0.29) is 0 Å². The molecular weight excluding hydrogens is 402 g/mol. The highest BCUT2D eigenvalue weighted by Gasteiger charge is 2.44. The van der Waals surface area contributed by atoms with Gasteiger partial charge in [0.2, 0.25) is 0 Å². The minimum absolute atomic E-state index is 0.380. The van der Waals surface area contributed by atoms with Crippen LogP contribution in [0.25, 0.3) is 0 Å². The maximum absolute atomic E-state index is 11.6. The van der Waals surface area contributed by atoms with Crippen LogP contribution in [0.3, 0.4) is 0 Å². The van der Waals surface area contributed by atoms with Crippen LogP contribution in [-0.4, -0.2) is 49.7 Å². The molecule has 0 N–H and O–H groups in total. The molecule has 132 valence electrons. The van der Waals surface area contributed by atoms with Gasteiger partial charge in [0.1, 0.15) is 0 Å². The van der Waals surface area contributed by atoms with Crippen molar-refractivity contribution >= 4 is 31.5 Å². The summed E-state index contributed by atoms with van der Waals surface area (Å²) in [4.78, 5) is 9.53. The monoisotopic (exact) mass is 421 g/mol. The van der Waals surface area contributed by atoms with E-state index in [1.807, 2.05) is 18.3 Å². The highest BCUT2D eigenvalue weighted by Crippen LogP contribution is 2.37. The molecule has 25 heavy (non-hydrogen) atoms. The molecule has 3 fully saturated rings. The lowest BCUT2D eigenvalue weighted by Crippen LogP contribution is -2.68. The van der Waals surface area contributed by atoms with Gasteiger partial charge in [0.25, 0.3) is 0 Å². The summed E-state index contributed by atoms with van der Waals surface area (Å²) < 4.78 is 24.2. The summed E-state index contributed by atoms with van der Waals surface area (Å²) in [7, 11) is -3.14. The smallest absolute Gasteiger partial charge is 0.175 e. The predicted octanol–water partition coefficient (Wildman–Crippen LogP) is 2.71. The molecule has 0 aliphatic carbocycles. The zero-order chi connectivity index (χ0) is 17.6. The number of anilines is 1. The molecule has 2 unspecified atom stereocenters. The highest BCUT2D eigenvalue weighted by atomic mass is 79.9. The van der Waals surface area contributed by atoms with Gasteiger partial charge >= 0.3 is 0 Å². The fraction of sp³-hybridized carbons (Fsp3) is 0.389. The standard InChI is InChI=1S/C18H20BrN3O2S/c1-25(23,24)18-4-2-15(3-5-18)22-16-7-17(22)12-21(11-16)10-13-6-14(19)9-20-8-13/h2-6,8-9,16-17H,7,10-12H2,1H3. The van der Waals surface area contributed by atoms with E-state index in [1.165, 1.54) is 18.2 Å². The van der Waals surface area contributed by atoms with Crippen molar-refractivity contribution < 1.29 is 8.42 Å². The van der Waals surface area contributed by atoms with Gasteiger partial charge in [0.15, 0.2) is 9.84 Å². The molecule has 4 heterocycles. The van der Waals surface area contributed by atoms with Crippen LogP contribution in [0.2, 0.25) is 0 Å². The number of rotatable bonds is 4. The van der Waals surface area contributed by atoms with E-state index >= 15 is 0 Å². The number of aromatic nitrogens is 1. The summed E-state index contributed by atoms with van der Waals surface area (Å²) in [5.74, 6) is 0. The van der Waals surface area contributed by atoms with Crippen LogP contribution in [0.4, 0.5) is 5.69 Å². The van der Waals surface area contributed by atoms with Crippen molar-refractivity contribution in [3.05, 3.63) is 52.8 Å². The molecule has 5 rings (SSSR count). The largest absolute Gasteiger partial charge is 0.363 e. The Morgan fingerprint density at radius 3 is 2.44 bits per heavy atom. The summed E-state index contributed by atoms with van der Waals surface area (Å²) in [5, 5.41) is 0. The Morgan fingerprint density at radius 1 is 1.16 bits per heavy atom. The second kappa shape index (κ2) is 6.37. The molecule has 2 bridgehead atoms. The van der Waals surface area contributed by atoms with Gasteiger partial charge in [-0.1, -0.05) is 0 Å². The zero-order valence-corrected chi connectivity index (χ0v) is 16.4. The fourth-order valence-electron chi connectivity index (χ4n) is 3.91. The van der Waals surface area contributed by atoms with Crippen LogP contribution in [0.1, 0.15) is 12.0 Å². The number of nitrogens with zero attached hydrogens (tertiary/aromatic N) is 3. The molecule has 0 amide bonds. The van der Waals surface area contributed by atoms with E-state index < -0.39 is 9.84 Å².